The van der Waals surface area contributed by atoms with E-state index in [1.165, 1.54) is 13.4 Å². The molecule has 0 saturated heterocycles. The molecular formula is C19H18ClN5O2. The van der Waals surface area contributed by atoms with E-state index in [4.69, 9.17) is 16.3 Å². The second-order valence-corrected chi connectivity index (χ2v) is 6.72. The maximum Gasteiger partial charge on any atom is 0.177 e. The summed E-state index contributed by atoms with van der Waals surface area (Å²) in [7, 11) is 1.50. The van der Waals surface area contributed by atoms with Gasteiger partial charge in [-0.1, -0.05) is 17.7 Å². The molecule has 0 saturated carbocycles. The average Bonchev–Trinajstić information content (AvgIpc) is 2.72. The van der Waals surface area contributed by atoms with E-state index in [0.29, 0.717) is 23.1 Å². The predicted octanol–water partition coefficient (Wildman–Crippen LogP) is 2.86. The lowest BCUT2D eigenvalue weighted by atomic mass is 10.1. The SMILES string of the molecule is COc1ccc(CN2CCc3nc(-c4cncnc4)ncc3C2)c(Cl)c1O. The van der Waals surface area contributed by atoms with E-state index in [2.05, 4.69) is 24.8 Å². The van der Waals surface area contributed by atoms with E-state index < -0.39 is 0 Å². The van der Waals surface area contributed by atoms with Crippen molar-refractivity contribution in [3.8, 4) is 22.9 Å². The van der Waals surface area contributed by atoms with Gasteiger partial charge in [-0.2, -0.15) is 0 Å². The van der Waals surface area contributed by atoms with Gasteiger partial charge >= 0.3 is 0 Å². The molecule has 3 heterocycles. The Labute approximate surface area is 161 Å². The number of rotatable bonds is 4. The highest BCUT2D eigenvalue weighted by Crippen LogP contribution is 2.37. The number of aromatic nitrogens is 4. The molecule has 0 atom stereocenters. The minimum absolute atomic E-state index is 0.0212. The molecule has 0 amide bonds. The van der Waals surface area contributed by atoms with Gasteiger partial charge < -0.3 is 9.84 Å². The monoisotopic (exact) mass is 383 g/mol. The topological polar surface area (TPSA) is 84.3 Å². The van der Waals surface area contributed by atoms with E-state index in [9.17, 15) is 5.11 Å². The molecule has 0 unspecified atom stereocenters. The molecule has 2 aromatic heterocycles. The van der Waals surface area contributed by atoms with Crippen molar-refractivity contribution in [2.24, 2.45) is 0 Å². The fraction of sp³-hybridized carbons (Fsp3) is 0.263. The number of methoxy groups -OCH3 is 1. The van der Waals surface area contributed by atoms with E-state index in [0.717, 1.165) is 41.9 Å². The van der Waals surface area contributed by atoms with Gasteiger partial charge in [0.1, 0.15) is 6.33 Å². The summed E-state index contributed by atoms with van der Waals surface area (Å²) in [5.74, 6) is 0.997. The molecular weight excluding hydrogens is 366 g/mol. The normalized spacial score (nSPS) is 14.0. The molecule has 4 rings (SSSR count). The summed E-state index contributed by atoms with van der Waals surface area (Å²) >= 11 is 6.29. The van der Waals surface area contributed by atoms with Crippen molar-refractivity contribution < 1.29 is 9.84 Å². The van der Waals surface area contributed by atoms with Crippen molar-refractivity contribution in [3.63, 3.8) is 0 Å². The maximum atomic E-state index is 10.1. The number of fused-ring (bicyclic) bond motifs is 1. The molecule has 27 heavy (non-hydrogen) atoms. The second-order valence-electron chi connectivity index (χ2n) is 6.34. The number of ether oxygens (including phenoxy) is 1. The van der Waals surface area contributed by atoms with Crippen molar-refractivity contribution in [1.29, 1.82) is 0 Å². The first kappa shape index (κ1) is 17.6. The van der Waals surface area contributed by atoms with E-state index >= 15 is 0 Å². The number of hydrogen-bond acceptors (Lipinski definition) is 7. The van der Waals surface area contributed by atoms with Crippen LogP contribution in [0.5, 0.6) is 11.5 Å². The third kappa shape index (κ3) is 3.56. The number of phenols is 1. The Morgan fingerprint density at radius 1 is 1.22 bits per heavy atom. The molecule has 0 fully saturated rings. The maximum absolute atomic E-state index is 10.1. The first-order valence-electron chi connectivity index (χ1n) is 8.52. The number of aromatic hydroxyl groups is 1. The first-order chi connectivity index (χ1) is 13.2. The van der Waals surface area contributed by atoms with Crippen LogP contribution in [-0.4, -0.2) is 43.6 Å². The molecule has 138 valence electrons. The average molecular weight is 384 g/mol. The van der Waals surface area contributed by atoms with Crippen LogP contribution in [0.1, 0.15) is 16.8 Å². The predicted molar refractivity (Wildman–Crippen MR) is 101 cm³/mol. The minimum Gasteiger partial charge on any atom is -0.503 e. The summed E-state index contributed by atoms with van der Waals surface area (Å²) in [6, 6.07) is 3.61. The summed E-state index contributed by atoms with van der Waals surface area (Å²) in [4.78, 5) is 19.4. The van der Waals surface area contributed by atoms with Crippen LogP contribution in [0, 0.1) is 0 Å². The number of halogens is 1. The van der Waals surface area contributed by atoms with E-state index in [1.54, 1.807) is 18.5 Å². The van der Waals surface area contributed by atoms with Crippen LogP contribution in [0.25, 0.3) is 11.4 Å². The van der Waals surface area contributed by atoms with Gasteiger partial charge in [-0.25, -0.2) is 19.9 Å². The van der Waals surface area contributed by atoms with Crippen LogP contribution < -0.4 is 4.74 Å². The smallest absolute Gasteiger partial charge is 0.177 e. The van der Waals surface area contributed by atoms with Crippen molar-refractivity contribution in [3.05, 3.63) is 58.9 Å². The van der Waals surface area contributed by atoms with Crippen LogP contribution >= 0.6 is 11.6 Å². The molecule has 7 nitrogen and oxygen atoms in total. The lowest BCUT2D eigenvalue weighted by Gasteiger charge is -2.28. The number of phenolic OH excluding ortho intramolecular Hbond substituents is 1. The first-order valence-corrected chi connectivity index (χ1v) is 8.90. The van der Waals surface area contributed by atoms with E-state index in [-0.39, 0.29) is 5.75 Å². The zero-order valence-corrected chi connectivity index (χ0v) is 15.5. The van der Waals surface area contributed by atoms with Gasteiger partial charge in [0.2, 0.25) is 0 Å². The summed E-state index contributed by atoms with van der Waals surface area (Å²) in [6.45, 7) is 2.20. The Balaban J connectivity index is 1.52. The quantitative estimate of drug-likeness (QED) is 0.741. The molecule has 1 aliphatic heterocycles. The molecule has 1 aromatic carbocycles. The van der Waals surface area contributed by atoms with Gasteiger partial charge in [-0.05, 0) is 11.6 Å². The van der Waals surface area contributed by atoms with Gasteiger partial charge in [0.05, 0.1) is 23.4 Å². The highest BCUT2D eigenvalue weighted by atomic mass is 35.5. The van der Waals surface area contributed by atoms with Gasteiger partial charge in [0.15, 0.2) is 17.3 Å². The molecule has 1 aliphatic rings. The van der Waals surface area contributed by atoms with Gasteiger partial charge in [-0.15, -0.1) is 0 Å². The van der Waals surface area contributed by atoms with E-state index in [1.807, 2.05) is 12.3 Å². The third-order valence-electron chi connectivity index (χ3n) is 4.60. The summed E-state index contributed by atoms with van der Waals surface area (Å²) in [5, 5.41) is 10.4. The Hall–Kier alpha value is -2.77. The van der Waals surface area contributed by atoms with Crippen LogP contribution in [0.2, 0.25) is 5.02 Å². The zero-order valence-electron chi connectivity index (χ0n) is 14.8. The Bertz CT molecular complexity index is 968. The number of benzene rings is 1. The van der Waals surface area contributed by atoms with Gasteiger partial charge in [0, 0.05) is 50.2 Å². The molecule has 0 aliphatic carbocycles. The molecule has 0 radical (unpaired) electrons. The molecule has 0 spiro atoms. The zero-order chi connectivity index (χ0) is 18.8. The Morgan fingerprint density at radius 2 is 2.04 bits per heavy atom. The molecule has 0 bridgehead atoms. The Morgan fingerprint density at radius 3 is 2.81 bits per heavy atom. The summed E-state index contributed by atoms with van der Waals surface area (Å²) in [6.07, 6.45) is 7.59. The van der Waals surface area contributed by atoms with Crippen molar-refractivity contribution >= 4 is 11.6 Å². The summed E-state index contributed by atoms with van der Waals surface area (Å²) in [5.41, 5.74) is 3.81. The standard InChI is InChI=1S/C19H18ClN5O2/c1-27-16-3-2-12(17(20)18(16)26)9-25-5-4-15-14(10-25)8-23-19(24-15)13-6-21-11-22-7-13/h2-3,6-8,11,26H,4-5,9-10H2,1H3. The van der Waals surface area contributed by atoms with Crippen LogP contribution in [0.3, 0.4) is 0 Å². The fourth-order valence-electron chi connectivity index (χ4n) is 3.18. The molecule has 8 heteroatoms. The summed E-state index contributed by atoms with van der Waals surface area (Å²) < 4.78 is 5.09. The van der Waals surface area contributed by atoms with Crippen LogP contribution in [-0.2, 0) is 19.5 Å². The van der Waals surface area contributed by atoms with Crippen molar-refractivity contribution in [2.75, 3.05) is 13.7 Å². The lowest BCUT2D eigenvalue weighted by molar-refractivity contribution is 0.242. The van der Waals surface area contributed by atoms with Gasteiger partial charge in [-0.3, -0.25) is 4.90 Å². The van der Waals surface area contributed by atoms with Crippen molar-refractivity contribution in [1.82, 2.24) is 24.8 Å². The highest BCUT2D eigenvalue weighted by molar-refractivity contribution is 6.33. The highest BCUT2D eigenvalue weighted by Gasteiger charge is 2.21. The Kier molecular flexibility index (Phi) is 4.87. The molecule has 1 N–H and O–H groups in total. The second kappa shape index (κ2) is 7.46. The number of nitrogens with zero attached hydrogens (tertiary/aromatic N) is 5. The minimum atomic E-state index is -0.0212. The molecule has 3 aromatic rings. The van der Waals surface area contributed by atoms with Gasteiger partial charge in [0.25, 0.3) is 0 Å². The fourth-order valence-corrected chi connectivity index (χ4v) is 3.40. The lowest BCUT2D eigenvalue weighted by Crippen LogP contribution is -2.31. The largest absolute Gasteiger partial charge is 0.503 e. The number of hydrogen-bond donors (Lipinski definition) is 1. The van der Waals surface area contributed by atoms with Crippen LogP contribution in [0.4, 0.5) is 0 Å². The van der Waals surface area contributed by atoms with Crippen molar-refractivity contribution in [2.45, 2.75) is 19.5 Å². The van der Waals surface area contributed by atoms with Crippen LogP contribution in [0.15, 0.2) is 37.1 Å². The third-order valence-corrected chi connectivity index (χ3v) is 5.03.